The van der Waals surface area contributed by atoms with Crippen molar-refractivity contribution in [2.45, 2.75) is 12.5 Å². The molecule has 2 N–H and O–H groups in total. The van der Waals surface area contributed by atoms with Crippen LogP contribution in [-0.4, -0.2) is 34.9 Å². The molecule has 1 saturated heterocycles. The van der Waals surface area contributed by atoms with E-state index in [9.17, 15) is 4.79 Å². The third-order valence-electron chi connectivity index (χ3n) is 3.61. The highest BCUT2D eigenvalue weighted by Crippen LogP contribution is 2.32. The predicted molar refractivity (Wildman–Crippen MR) is 89.3 cm³/mol. The molecule has 1 amide bonds. The number of amides is 1. The SMILES string of the molecule is N[C@H]1CCN(C(=O)c2cccnc2Oc2ccc(Cl)cc2Cl)C1. The van der Waals surface area contributed by atoms with Crippen molar-refractivity contribution in [2.24, 2.45) is 5.73 Å². The molecule has 0 bridgehead atoms. The van der Waals surface area contributed by atoms with E-state index in [0.29, 0.717) is 34.4 Å². The summed E-state index contributed by atoms with van der Waals surface area (Å²) < 4.78 is 5.72. The van der Waals surface area contributed by atoms with Gasteiger partial charge in [-0.3, -0.25) is 4.79 Å². The lowest BCUT2D eigenvalue weighted by Gasteiger charge is -2.17. The Morgan fingerprint density at radius 1 is 1.35 bits per heavy atom. The molecule has 23 heavy (non-hydrogen) atoms. The summed E-state index contributed by atoms with van der Waals surface area (Å²) in [4.78, 5) is 18.5. The molecule has 0 spiro atoms. The van der Waals surface area contributed by atoms with Crippen LogP contribution in [0.25, 0.3) is 0 Å². The second-order valence-corrected chi connectivity index (χ2v) is 6.18. The summed E-state index contributed by atoms with van der Waals surface area (Å²) in [6.07, 6.45) is 2.36. The molecule has 1 fully saturated rings. The molecule has 3 rings (SSSR count). The van der Waals surface area contributed by atoms with Crippen LogP contribution in [0.15, 0.2) is 36.5 Å². The van der Waals surface area contributed by atoms with Crippen molar-refractivity contribution >= 4 is 29.1 Å². The van der Waals surface area contributed by atoms with Gasteiger partial charge in [-0.05, 0) is 36.8 Å². The summed E-state index contributed by atoms with van der Waals surface area (Å²) in [5.41, 5.74) is 6.25. The maximum absolute atomic E-state index is 12.6. The van der Waals surface area contributed by atoms with Gasteiger partial charge in [0.2, 0.25) is 5.88 Å². The number of halogens is 2. The monoisotopic (exact) mass is 351 g/mol. The van der Waals surface area contributed by atoms with Crippen LogP contribution in [0, 0.1) is 0 Å². The molecule has 5 nitrogen and oxygen atoms in total. The smallest absolute Gasteiger partial charge is 0.259 e. The van der Waals surface area contributed by atoms with Gasteiger partial charge in [0.15, 0.2) is 0 Å². The number of likely N-dealkylation sites (tertiary alicyclic amines) is 1. The van der Waals surface area contributed by atoms with Crippen LogP contribution in [0.3, 0.4) is 0 Å². The molecule has 120 valence electrons. The average molecular weight is 352 g/mol. The lowest BCUT2D eigenvalue weighted by atomic mass is 10.2. The lowest BCUT2D eigenvalue weighted by molar-refractivity contribution is 0.0787. The maximum atomic E-state index is 12.6. The summed E-state index contributed by atoms with van der Waals surface area (Å²) in [5.74, 6) is 0.454. The number of carbonyl (C=O) groups excluding carboxylic acids is 1. The topological polar surface area (TPSA) is 68.5 Å². The van der Waals surface area contributed by atoms with Gasteiger partial charge >= 0.3 is 0 Å². The van der Waals surface area contributed by atoms with Crippen LogP contribution in [0.4, 0.5) is 0 Å². The van der Waals surface area contributed by atoms with E-state index in [1.54, 1.807) is 41.4 Å². The minimum absolute atomic E-state index is 0.0192. The number of benzene rings is 1. The number of carbonyl (C=O) groups is 1. The molecule has 0 saturated carbocycles. The van der Waals surface area contributed by atoms with Crippen molar-refractivity contribution in [3.63, 3.8) is 0 Å². The van der Waals surface area contributed by atoms with E-state index >= 15 is 0 Å². The Kier molecular flexibility index (Phi) is 4.71. The van der Waals surface area contributed by atoms with Crippen LogP contribution in [-0.2, 0) is 0 Å². The first-order valence-electron chi connectivity index (χ1n) is 7.17. The van der Waals surface area contributed by atoms with E-state index in [-0.39, 0.29) is 17.8 Å². The number of pyridine rings is 1. The summed E-state index contributed by atoms with van der Waals surface area (Å²) in [7, 11) is 0. The Morgan fingerprint density at radius 3 is 2.87 bits per heavy atom. The first kappa shape index (κ1) is 16.1. The Morgan fingerprint density at radius 2 is 2.17 bits per heavy atom. The zero-order valence-electron chi connectivity index (χ0n) is 12.2. The number of aromatic nitrogens is 1. The fourth-order valence-electron chi connectivity index (χ4n) is 2.44. The molecule has 1 aliphatic heterocycles. The van der Waals surface area contributed by atoms with Gasteiger partial charge in [0, 0.05) is 30.4 Å². The van der Waals surface area contributed by atoms with Gasteiger partial charge < -0.3 is 15.4 Å². The largest absolute Gasteiger partial charge is 0.437 e. The van der Waals surface area contributed by atoms with E-state index in [1.807, 2.05) is 0 Å². The molecule has 1 aliphatic rings. The molecule has 1 aromatic heterocycles. The van der Waals surface area contributed by atoms with E-state index in [4.69, 9.17) is 33.7 Å². The van der Waals surface area contributed by atoms with Gasteiger partial charge in [0.25, 0.3) is 5.91 Å². The fourth-order valence-corrected chi connectivity index (χ4v) is 2.89. The van der Waals surface area contributed by atoms with E-state index in [0.717, 1.165) is 6.42 Å². The Bertz CT molecular complexity index is 739. The molecule has 2 heterocycles. The molecule has 1 aromatic carbocycles. The van der Waals surface area contributed by atoms with Gasteiger partial charge in [0.05, 0.1) is 5.02 Å². The number of nitrogens with zero attached hydrogens (tertiary/aromatic N) is 2. The van der Waals surface area contributed by atoms with E-state index in [1.165, 1.54) is 0 Å². The molecule has 1 atom stereocenters. The van der Waals surface area contributed by atoms with Crippen LogP contribution >= 0.6 is 23.2 Å². The zero-order valence-corrected chi connectivity index (χ0v) is 13.7. The van der Waals surface area contributed by atoms with Gasteiger partial charge in [-0.15, -0.1) is 0 Å². The van der Waals surface area contributed by atoms with Crippen molar-refractivity contribution in [1.82, 2.24) is 9.88 Å². The lowest BCUT2D eigenvalue weighted by Crippen LogP contribution is -2.32. The van der Waals surface area contributed by atoms with Gasteiger partial charge in [-0.25, -0.2) is 4.98 Å². The zero-order chi connectivity index (χ0) is 16.4. The highest BCUT2D eigenvalue weighted by Gasteiger charge is 2.27. The molecule has 0 aliphatic carbocycles. The third-order valence-corrected chi connectivity index (χ3v) is 4.14. The number of hydrogen-bond acceptors (Lipinski definition) is 4. The van der Waals surface area contributed by atoms with Gasteiger partial charge in [-0.1, -0.05) is 23.2 Å². The first-order valence-corrected chi connectivity index (χ1v) is 7.93. The number of nitrogens with two attached hydrogens (primary N) is 1. The molecule has 7 heteroatoms. The third kappa shape index (κ3) is 3.58. The first-order chi connectivity index (χ1) is 11.0. The summed E-state index contributed by atoms with van der Waals surface area (Å²) in [6, 6.07) is 8.26. The van der Waals surface area contributed by atoms with E-state index < -0.39 is 0 Å². The summed E-state index contributed by atoms with van der Waals surface area (Å²) in [6.45, 7) is 1.17. The average Bonchev–Trinajstić information content (AvgIpc) is 2.96. The molecule has 2 aromatic rings. The Labute approximate surface area is 144 Å². The Balaban J connectivity index is 1.87. The van der Waals surface area contributed by atoms with Gasteiger partial charge in [-0.2, -0.15) is 0 Å². The van der Waals surface area contributed by atoms with Crippen molar-refractivity contribution in [2.75, 3.05) is 13.1 Å². The quantitative estimate of drug-likeness (QED) is 0.920. The molecule has 0 unspecified atom stereocenters. The second-order valence-electron chi connectivity index (χ2n) is 5.33. The number of rotatable bonds is 3. The summed E-state index contributed by atoms with van der Waals surface area (Å²) in [5, 5.41) is 0.857. The molecule has 0 radical (unpaired) electrons. The highest BCUT2D eigenvalue weighted by atomic mass is 35.5. The Hall–Kier alpha value is -1.82. The van der Waals surface area contributed by atoms with Crippen LogP contribution in [0.5, 0.6) is 11.6 Å². The van der Waals surface area contributed by atoms with Crippen LogP contribution in [0.1, 0.15) is 16.8 Å². The number of ether oxygens (including phenoxy) is 1. The van der Waals surface area contributed by atoms with E-state index in [2.05, 4.69) is 4.98 Å². The highest BCUT2D eigenvalue weighted by molar-refractivity contribution is 6.35. The normalized spacial score (nSPS) is 17.3. The van der Waals surface area contributed by atoms with Crippen LogP contribution < -0.4 is 10.5 Å². The fraction of sp³-hybridized carbons (Fsp3) is 0.250. The van der Waals surface area contributed by atoms with Crippen molar-refractivity contribution in [1.29, 1.82) is 0 Å². The summed E-state index contributed by atoms with van der Waals surface area (Å²) >= 11 is 12.0. The standard InChI is InChI=1S/C16H15Cl2N3O2/c17-10-3-4-14(13(18)8-10)23-15-12(2-1-6-20-15)16(22)21-7-5-11(19)9-21/h1-4,6,8,11H,5,7,9,19H2/t11-/m0/s1. The predicted octanol–water partition coefficient (Wildman–Crippen LogP) is 3.35. The minimum Gasteiger partial charge on any atom is -0.437 e. The molecular weight excluding hydrogens is 337 g/mol. The van der Waals surface area contributed by atoms with Crippen molar-refractivity contribution in [3.05, 3.63) is 52.1 Å². The van der Waals surface area contributed by atoms with Crippen LogP contribution in [0.2, 0.25) is 10.0 Å². The number of hydrogen-bond donors (Lipinski definition) is 1. The minimum atomic E-state index is -0.147. The second kappa shape index (κ2) is 6.74. The maximum Gasteiger partial charge on any atom is 0.259 e. The molecular formula is C16H15Cl2N3O2. The van der Waals surface area contributed by atoms with Crippen molar-refractivity contribution in [3.8, 4) is 11.6 Å². The van der Waals surface area contributed by atoms with Crippen molar-refractivity contribution < 1.29 is 9.53 Å². The van der Waals surface area contributed by atoms with Gasteiger partial charge in [0.1, 0.15) is 11.3 Å².